The lowest BCUT2D eigenvalue weighted by atomic mass is 10.1. The van der Waals surface area contributed by atoms with Gasteiger partial charge in [-0.15, -0.1) is 0 Å². The number of aliphatic hydroxyl groups excluding tert-OH is 1. The van der Waals surface area contributed by atoms with Gasteiger partial charge in [0.05, 0.1) is 0 Å². The number of rotatable bonds is 6. The molecule has 1 rings (SSSR count). The Morgan fingerprint density at radius 2 is 1.95 bits per heavy atom. The molecular weight excluding hydrogens is 256 g/mol. The lowest BCUT2D eigenvalue weighted by Gasteiger charge is -2.14. The van der Waals surface area contributed by atoms with Gasteiger partial charge in [0.1, 0.15) is 0 Å². The number of hydrogen-bond acceptors (Lipinski definition) is 3. The zero-order valence-corrected chi connectivity index (χ0v) is 12.0. The molecule has 0 aliphatic rings. The summed E-state index contributed by atoms with van der Waals surface area (Å²) >= 11 is 0. The summed E-state index contributed by atoms with van der Waals surface area (Å²) in [6.45, 7) is 3.87. The van der Waals surface area contributed by atoms with Crippen molar-refractivity contribution in [3.8, 4) is 0 Å². The van der Waals surface area contributed by atoms with Crippen molar-refractivity contribution in [2.45, 2.75) is 39.2 Å². The Labute approximate surface area is 119 Å². The molecule has 0 saturated heterocycles. The molecule has 1 aromatic rings. The smallest absolute Gasteiger partial charge is 0.313 e. The van der Waals surface area contributed by atoms with Gasteiger partial charge in [0.2, 0.25) is 0 Å². The fraction of sp³-hybridized carbons (Fsp3) is 0.467. The highest BCUT2D eigenvalue weighted by Gasteiger charge is 2.16. The second-order valence-electron chi connectivity index (χ2n) is 4.71. The van der Waals surface area contributed by atoms with Crippen molar-refractivity contribution in [1.29, 1.82) is 0 Å². The lowest BCUT2D eigenvalue weighted by molar-refractivity contribution is -0.136. The number of aliphatic hydroxyl groups is 1. The highest BCUT2D eigenvalue weighted by molar-refractivity contribution is 6.39. The average molecular weight is 278 g/mol. The number of carbonyl (C=O) groups is 2. The molecule has 0 radical (unpaired) electrons. The topological polar surface area (TPSA) is 78.4 Å². The van der Waals surface area contributed by atoms with Crippen molar-refractivity contribution >= 4 is 17.5 Å². The van der Waals surface area contributed by atoms with Gasteiger partial charge >= 0.3 is 11.8 Å². The number of hydrogen-bond donors (Lipinski definition) is 3. The second-order valence-corrected chi connectivity index (χ2v) is 4.71. The van der Waals surface area contributed by atoms with Crippen LogP contribution in [0, 0.1) is 0 Å². The van der Waals surface area contributed by atoms with Gasteiger partial charge in [0, 0.05) is 18.3 Å². The Hall–Kier alpha value is -1.88. The van der Waals surface area contributed by atoms with E-state index in [1.165, 1.54) is 0 Å². The van der Waals surface area contributed by atoms with Gasteiger partial charge in [-0.3, -0.25) is 9.59 Å². The maximum atomic E-state index is 11.8. The van der Waals surface area contributed by atoms with Gasteiger partial charge in [0.25, 0.3) is 0 Å². The number of amides is 2. The quantitative estimate of drug-likeness (QED) is 0.689. The number of para-hydroxylation sites is 1. The van der Waals surface area contributed by atoms with Gasteiger partial charge in [-0.2, -0.15) is 0 Å². The van der Waals surface area contributed by atoms with Crippen LogP contribution >= 0.6 is 0 Å². The molecule has 3 N–H and O–H groups in total. The van der Waals surface area contributed by atoms with Crippen LogP contribution in [0.3, 0.4) is 0 Å². The third kappa shape index (κ3) is 5.01. The highest BCUT2D eigenvalue weighted by Crippen LogP contribution is 2.15. The summed E-state index contributed by atoms with van der Waals surface area (Å²) in [5.41, 5.74) is 1.65. The average Bonchev–Trinajstić information content (AvgIpc) is 2.45. The summed E-state index contributed by atoms with van der Waals surface area (Å²) in [5.74, 6) is -1.32. The van der Waals surface area contributed by atoms with Crippen molar-refractivity contribution in [2.24, 2.45) is 0 Å². The van der Waals surface area contributed by atoms with Gasteiger partial charge in [-0.05, 0) is 37.8 Å². The standard InChI is InChI=1S/C15H22N2O3/c1-3-12-8-4-5-9-13(12)17-15(20)14(19)16-11(2)7-6-10-18/h4-5,8-9,11,18H,3,6-7,10H2,1-2H3,(H,16,19)(H,17,20). The first-order chi connectivity index (χ1) is 9.58. The van der Waals surface area contributed by atoms with E-state index < -0.39 is 11.8 Å². The van der Waals surface area contributed by atoms with E-state index in [0.29, 0.717) is 18.5 Å². The van der Waals surface area contributed by atoms with E-state index in [0.717, 1.165) is 12.0 Å². The third-order valence-corrected chi connectivity index (χ3v) is 3.03. The first-order valence-electron chi connectivity index (χ1n) is 6.89. The molecule has 0 heterocycles. The molecule has 0 bridgehead atoms. The predicted octanol–water partition coefficient (Wildman–Crippen LogP) is 1.46. The number of aryl methyl sites for hydroxylation is 1. The normalized spacial score (nSPS) is 11.8. The van der Waals surface area contributed by atoms with Crippen LogP contribution in [0.15, 0.2) is 24.3 Å². The van der Waals surface area contributed by atoms with Crippen LogP contribution in [-0.4, -0.2) is 29.6 Å². The Morgan fingerprint density at radius 3 is 2.60 bits per heavy atom. The Morgan fingerprint density at radius 1 is 1.25 bits per heavy atom. The predicted molar refractivity (Wildman–Crippen MR) is 78.4 cm³/mol. The SMILES string of the molecule is CCc1ccccc1NC(=O)C(=O)NC(C)CCCO. The Bertz CT molecular complexity index is 460. The van der Waals surface area contributed by atoms with Crippen LogP contribution in [0.5, 0.6) is 0 Å². The molecule has 20 heavy (non-hydrogen) atoms. The van der Waals surface area contributed by atoms with Crippen LogP contribution in [0.4, 0.5) is 5.69 Å². The van der Waals surface area contributed by atoms with Crippen LogP contribution in [0.1, 0.15) is 32.3 Å². The zero-order valence-electron chi connectivity index (χ0n) is 12.0. The minimum Gasteiger partial charge on any atom is -0.396 e. The molecule has 5 nitrogen and oxygen atoms in total. The van der Waals surface area contributed by atoms with Crippen molar-refractivity contribution in [2.75, 3.05) is 11.9 Å². The summed E-state index contributed by atoms with van der Waals surface area (Å²) in [5, 5.41) is 14.0. The van der Waals surface area contributed by atoms with E-state index in [2.05, 4.69) is 10.6 Å². The molecule has 110 valence electrons. The molecule has 0 saturated carbocycles. The van der Waals surface area contributed by atoms with Crippen molar-refractivity contribution in [1.82, 2.24) is 5.32 Å². The van der Waals surface area contributed by atoms with E-state index in [9.17, 15) is 9.59 Å². The lowest BCUT2D eigenvalue weighted by Crippen LogP contribution is -2.40. The zero-order chi connectivity index (χ0) is 15.0. The first-order valence-corrected chi connectivity index (χ1v) is 6.89. The molecular formula is C15H22N2O3. The van der Waals surface area contributed by atoms with Gasteiger partial charge < -0.3 is 15.7 Å². The van der Waals surface area contributed by atoms with E-state index >= 15 is 0 Å². The Kier molecular flexibility index (Phi) is 6.73. The number of benzene rings is 1. The first kappa shape index (κ1) is 16.2. The fourth-order valence-electron chi connectivity index (χ4n) is 1.89. The van der Waals surface area contributed by atoms with Crippen molar-refractivity contribution in [3.05, 3.63) is 29.8 Å². The summed E-state index contributed by atoms with van der Waals surface area (Å²) in [6.07, 6.45) is 2.02. The second kappa shape index (κ2) is 8.32. The van der Waals surface area contributed by atoms with Gasteiger partial charge in [-0.1, -0.05) is 25.1 Å². The highest BCUT2D eigenvalue weighted by atomic mass is 16.3. The molecule has 0 aliphatic heterocycles. The Balaban J connectivity index is 2.55. The van der Waals surface area contributed by atoms with Gasteiger partial charge in [0.15, 0.2) is 0 Å². The van der Waals surface area contributed by atoms with Crippen LogP contribution in [0.2, 0.25) is 0 Å². The number of anilines is 1. The maximum Gasteiger partial charge on any atom is 0.313 e. The summed E-state index contributed by atoms with van der Waals surface area (Å²) in [4.78, 5) is 23.6. The minimum atomic E-state index is -0.665. The molecule has 0 spiro atoms. The number of nitrogens with one attached hydrogen (secondary N) is 2. The summed E-state index contributed by atoms with van der Waals surface area (Å²) in [7, 11) is 0. The van der Waals surface area contributed by atoms with Gasteiger partial charge in [-0.25, -0.2) is 0 Å². The van der Waals surface area contributed by atoms with E-state index in [4.69, 9.17) is 5.11 Å². The third-order valence-electron chi connectivity index (χ3n) is 3.03. The van der Waals surface area contributed by atoms with Crippen molar-refractivity contribution < 1.29 is 14.7 Å². The van der Waals surface area contributed by atoms with E-state index in [1.807, 2.05) is 25.1 Å². The van der Waals surface area contributed by atoms with Crippen LogP contribution in [0.25, 0.3) is 0 Å². The molecule has 2 amide bonds. The monoisotopic (exact) mass is 278 g/mol. The largest absolute Gasteiger partial charge is 0.396 e. The maximum absolute atomic E-state index is 11.8. The minimum absolute atomic E-state index is 0.0796. The summed E-state index contributed by atoms with van der Waals surface area (Å²) < 4.78 is 0. The van der Waals surface area contributed by atoms with Crippen LogP contribution in [-0.2, 0) is 16.0 Å². The fourth-order valence-corrected chi connectivity index (χ4v) is 1.89. The molecule has 0 aromatic heterocycles. The molecule has 1 unspecified atom stereocenters. The molecule has 0 fully saturated rings. The molecule has 5 heteroatoms. The molecule has 1 atom stereocenters. The summed E-state index contributed by atoms with van der Waals surface area (Å²) in [6, 6.07) is 7.26. The molecule has 0 aliphatic carbocycles. The van der Waals surface area contributed by atoms with E-state index in [1.54, 1.807) is 13.0 Å². The van der Waals surface area contributed by atoms with Crippen LogP contribution < -0.4 is 10.6 Å². The van der Waals surface area contributed by atoms with E-state index in [-0.39, 0.29) is 12.6 Å². The number of carbonyl (C=O) groups excluding carboxylic acids is 2. The molecule has 1 aromatic carbocycles. The van der Waals surface area contributed by atoms with Crippen molar-refractivity contribution in [3.63, 3.8) is 0 Å².